The molecule has 1 saturated heterocycles. The lowest BCUT2D eigenvalue weighted by Crippen LogP contribution is -2.50. The highest BCUT2D eigenvalue weighted by Gasteiger charge is 2.35. The molecule has 6 rings (SSSR count). The molecule has 1 saturated carbocycles. The van der Waals surface area contributed by atoms with Gasteiger partial charge in [-0.2, -0.15) is 0 Å². The Morgan fingerprint density at radius 3 is 2.48 bits per heavy atom. The van der Waals surface area contributed by atoms with Crippen LogP contribution in [0.1, 0.15) is 42.7 Å². The van der Waals surface area contributed by atoms with Gasteiger partial charge in [-0.05, 0) is 50.2 Å². The molecule has 2 aromatic carbocycles. The first-order valence-corrected chi connectivity index (χ1v) is 12.7. The van der Waals surface area contributed by atoms with Crippen LogP contribution in [0.4, 0.5) is 11.4 Å². The minimum absolute atomic E-state index is 0.0949. The Hall–Kier alpha value is -2.71. The number of thiazole rings is 1. The molecule has 33 heavy (non-hydrogen) atoms. The summed E-state index contributed by atoms with van der Waals surface area (Å²) in [4.78, 5) is 33.9. The third-order valence-electron chi connectivity index (χ3n) is 7.35. The van der Waals surface area contributed by atoms with Gasteiger partial charge in [-0.3, -0.25) is 9.59 Å². The zero-order chi connectivity index (χ0) is 22.5. The summed E-state index contributed by atoms with van der Waals surface area (Å²) in [7, 11) is 0. The first-order chi connectivity index (χ1) is 16.1. The number of rotatable bonds is 5. The van der Waals surface area contributed by atoms with Gasteiger partial charge >= 0.3 is 0 Å². The van der Waals surface area contributed by atoms with Gasteiger partial charge in [-0.1, -0.05) is 6.42 Å². The van der Waals surface area contributed by atoms with Crippen molar-refractivity contribution < 1.29 is 4.74 Å². The third kappa shape index (κ3) is 3.75. The quantitative estimate of drug-likeness (QED) is 0.581. The second-order valence-electron chi connectivity index (χ2n) is 9.47. The molecule has 2 N–H and O–H groups in total. The van der Waals surface area contributed by atoms with Crippen LogP contribution in [0.2, 0.25) is 0 Å². The minimum atomic E-state index is -0.563. The molecule has 0 unspecified atom stereocenters. The number of hydrogen-bond acceptors (Lipinski definition) is 8. The van der Waals surface area contributed by atoms with Crippen molar-refractivity contribution in [1.29, 1.82) is 0 Å². The molecular formula is C25H28N4O3S. The molecule has 0 atom stereocenters. The van der Waals surface area contributed by atoms with Gasteiger partial charge < -0.3 is 20.3 Å². The maximum atomic E-state index is 11.9. The Kier molecular flexibility index (Phi) is 5.22. The van der Waals surface area contributed by atoms with Crippen molar-refractivity contribution in [2.24, 2.45) is 0 Å². The van der Waals surface area contributed by atoms with Crippen molar-refractivity contribution in [2.45, 2.75) is 57.2 Å². The lowest BCUT2D eigenvalue weighted by Gasteiger charge is -2.44. The van der Waals surface area contributed by atoms with Crippen LogP contribution in [0, 0.1) is 0 Å². The number of hydrogen-bond donors (Lipinski definition) is 1. The Balaban J connectivity index is 1.08. The molecule has 1 aliphatic carbocycles. The number of aromatic nitrogens is 1. The number of nitrogens with two attached hydrogens (primary N) is 1. The van der Waals surface area contributed by atoms with E-state index >= 15 is 0 Å². The Morgan fingerprint density at radius 2 is 1.76 bits per heavy atom. The number of fused-ring (bicyclic) bond motifs is 1. The number of piperidine rings is 1. The topological polar surface area (TPSA) is 88.8 Å². The maximum absolute atomic E-state index is 11.9. The summed E-state index contributed by atoms with van der Waals surface area (Å²) in [6.45, 7) is 3.73. The number of nitrogens with zero attached hydrogens (tertiary/aromatic N) is 3. The smallest absolute Gasteiger partial charge is 0.253 e. The van der Waals surface area contributed by atoms with Gasteiger partial charge in [0.2, 0.25) is 0 Å². The van der Waals surface area contributed by atoms with Gasteiger partial charge in [0, 0.05) is 42.3 Å². The fourth-order valence-electron chi connectivity index (χ4n) is 5.31. The first-order valence-electron chi connectivity index (χ1n) is 11.9. The van der Waals surface area contributed by atoms with Crippen molar-refractivity contribution in [3.8, 4) is 16.3 Å². The van der Waals surface area contributed by atoms with E-state index in [0.29, 0.717) is 30.9 Å². The molecule has 7 nitrogen and oxygen atoms in total. The van der Waals surface area contributed by atoms with E-state index in [9.17, 15) is 9.59 Å². The average molecular weight is 465 g/mol. The summed E-state index contributed by atoms with van der Waals surface area (Å²) in [5.41, 5.74) is 7.34. The first kappa shape index (κ1) is 20.9. The molecule has 3 aromatic rings. The zero-order valence-electron chi connectivity index (χ0n) is 18.6. The van der Waals surface area contributed by atoms with Crippen LogP contribution in [0.3, 0.4) is 0 Å². The van der Waals surface area contributed by atoms with Gasteiger partial charge in [-0.25, -0.2) is 4.98 Å². The summed E-state index contributed by atoms with van der Waals surface area (Å²) < 4.78 is 6.20. The zero-order valence-corrected chi connectivity index (χ0v) is 19.4. The molecule has 172 valence electrons. The number of benzene rings is 1. The van der Waals surface area contributed by atoms with Crippen LogP contribution in [0.15, 0.2) is 33.9 Å². The summed E-state index contributed by atoms with van der Waals surface area (Å²) in [6.07, 6.45) is 7.38. The highest BCUT2D eigenvalue weighted by molar-refractivity contribution is 7.15. The summed E-state index contributed by atoms with van der Waals surface area (Å²) in [5.74, 6) is 0.920. The Morgan fingerprint density at radius 1 is 1.00 bits per heavy atom. The van der Waals surface area contributed by atoms with Crippen LogP contribution in [0.5, 0.6) is 5.75 Å². The lowest BCUT2D eigenvalue weighted by molar-refractivity contribution is 0.00893. The van der Waals surface area contributed by atoms with Crippen LogP contribution in [0.25, 0.3) is 10.6 Å². The molecule has 0 spiro atoms. The standard InChI is InChI=1S/C25H28N4O3S/c26-21-22(24(31)23(21)30)29-11-8-19-20(14-29)33-25(27-19)15-4-6-17(7-5-15)32-18-12-16(13-18)28-9-2-1-3-10-28/h4-7,16,18H,1-3,8-14,26H2. The van der Waals surface area contributed by atoms with E-state index < -0.39 is 10.9 Å². The SMILES string of the molecule is Nc1c(N2CCc3nc(-c4ccc(OC5CC(N6CCCCC6)C5)cc4)sc3C2)c(=O)c1=O. The average Bonchev–Trinajstić information content (AvgIpc) is 3.25. The highest BCUT2D eigenvalue weighted by Crippen LogP contribution is 2.35. The maximum Gasteiger partial charge on any atom is 0.253 e. The van der Waals surface area contributed by atoms with Gasteiger partial charge in [0.15, 0.2) is 0 Å². The van der Waals surface area contributed by atoms with Crippen molar-refractivity contribution in [3.05, 3.63) is 55.3 Å². The van der Waals surface area contributed by atoms with E-state index in [1.54, 1.807) is 11.3 Å². The number of anilines is 2. The lowest BCUT2D eigenvalue weighted by atomic mass is 9.86. The Bertz CT molecular complexity index is 1230. The molecule has 2 fully saturated rings. The molecule has 3 heterocycles. The van der Waals surface area contributed by atoms with Gasteiger partial charge in [0.1, 0.15) is 28.2 Å². The monoisotopic (exact) mass is 464 g/mol. The summed E-state index contributed by atoms with van der Waals surface area (Å²) in [6, 6.07) is 8.94. The predicted molar refractivity (Wildman–Crippen MR) is 131 cm³/mol. The molecule has 0 radical (unpaired) electrons. The van der Waals surface area contributed by atoms with Crippen LogP contribution >= 0.6 is 11.3 Å². The van der Waals surface area contributed by atoms with Crippen molar-refractivity contribution >= 4 is 22.7 Å². The van der Waals surface area contributed by atoms with E-state index in [2.05, 4.69) is 17.0 Å². The van der Waals surface area contributed by atoms with E-state index in [4.69, 9.17) is 15.5 Å². The number of ether oxygens (including phenoxy) is 1. The minimum Gasteiger partial charge on any atom is -0.490 e. The predicted octanol–water partition coefficient (Wildman–Crippen LogP) is 2.95. The van der Waals surface area contributed by atoms with Crippen LogP contribution < -0.4 is 26.2 Å². The fourth-order valence-corrected chi connectivity index (χ4v) is 6.43. The molecule has 8 heteroatoms. The fraction of sp³-hybridized carbons (Fsp3) is 0.480. The van der Waals surface area contributed by atoms with E-state index in [0.717, 1.165) is 46.2 Å². The van der Waals surface area contributed by atoms with Gasteiger partial charge in [0.25, 0.3) is 10.9 Å². The summed E-state index contributed by atoms with van der Waals surface area (Å²) in [5, 5.41) is 0.972. The normalized spacial score (nSPS) is 23.3. The highest BCUT2D eigenvalue weighted by atomic mass is 32.1. The van der Waals surface area contributed by atoms with E-state index in [1.165, 1.54) is 32.4 Å². The van der Waals surface area contributed by atoms with E-state index in [1.807, 2.05) is 17.0 Å². The summed E-state index contributed by atoms with van der Waals surface area (Å²) >= 11 is 1.64. The second-order valence-corrected chi connectivity index (χ2v) is 10.6. The molecular weight excluding hydrogens is 436 g/mol. The van der Waals surface area contributed by atoms with Gasteiger partial charge in [-0.15, -0.1) is 11.3 Å². The number of likely N-dealkylation sites (tertiary alicyclic amines) is 1. The van der Waals surface area contributed by atoms with Crippen LogP contribution in [-0.4, -0.2) is 41.7 Å². The third-order valence-corrected chi connectivity index (χ3v) is 8.48. The van der Waals surface area contributed by atoms with Crippen LogP contribution in [-0.2, 0) is 13.0 Å². The largest absolute Gasteiger partial charge is 0.490 e. The van der Waals surface area contributed by atoms with Crippen molar-refractivity contribution in [3.63, 3.8) is 0 Å². The van der Waals surface area contributed by atoms with Crippen molar-refractivity contribution in [2.75, 3.05) is 30.3 Å². The molecule has 0 bridgehead atoms. The number of nitrogen functional groups attached to an aromatic ring is 1. The van der Waals surface area contributed by atoms with Gasteiger partial charge in [0.05, 0.1) is 12.2 Å². The molecule has 2 aliphatic heterocycles. The van der Waals surface area contributed by atoms with E-state index in [-0.39, 0.29) is 5.69 Å². The molecule has 3 aliphatic rings. The molecule has 1 aromatic heterocycles. The van der Waals surface area contributed by atoms with Crippen molar-refractivity contribution in [1.82, 2.24) is 9.88 Å². The Labute approximate surface area is 196 Å². The molecule has 0 amide bonds. The second kappa shape index (κ2) is 8.25.